The molecule has 0 aliphatic heterocycles. The average molecular weight is 214 g/mol. The van der Waals surface area contributed by atoms with Crippen molar-refractivity contribution in [3.8, 4) is 5.75 Å². The maximum Gasteiger partial charge on any atom is 0.125 e. The summed E-state index contributed by atoms with van der Waals surface area (Å²) in [5.74, 6) is 0.933. The molecule has 1 aromatic rings. The van der Waals surface area contributed by atoms with Crippen LogP contribution in [0.25, 0.3) is 0 Å². The zero-order valence-corrected chi connectivity index (χ0v) is 9.40. The molecule has 0 saturated carbocycles. The summed E-state index contributed by atoms with van der Waals surface area (Å²) in [6, 6.07) is 3.83. The van der Waals surface area contributed by atoms with Gasteiger partial charge in [0, 0.05) is 5.02 Å². The van der Waals surface area contributed by atoms with Gasteiger partial charge in [0.2, 0.25) is 0 Å². The monoisotopic (exact) mass is 213 g/mol. The summed E-state index contributed by atoms with van der Waals surface area (Å²) in [5.41, 5.74) is 7.70. The first-order valence-electron chi connectivity index (χ1n) is 4.81. The van der Waals surface area contributed by atoms with Crippen molar-refractivity contribution in [3.63, 3.8) is 0 Å². The van der Waals surface area contributed by atoms with E-state index in [4.69, 9.17) is 22.1 Å². The highest BCUT2D eigenvalue weighted by molar-refractivity contribution is 6.30. The van der Waals surface area contributed by atoms with Gasteiger partial charge in [-0.2, -0.15) is 0 Å². The Balaban J connectivity index is 3.07. The Morgan fingerprint density at radius 1 is 1.43 bits per heavy atom. The maximum absolute atomic E-state index is 5.96. The summed E-state index contributed by atoms with van der Waals surface area (Å²) in [6.07, 6.45) is 0.802. The molecule has 2 nitrogen and oxygen atoms in total. The van der Waals surface area contributed by atoms with E-state index in [-0.39, 0.29) is 0 Å². The van der Waals surface area contributed by atoms with E-state index < -0.39 is 0 Å². The number of ether oxygens (including phenoxy) is 1. The zero-order chi connectivity index (χ0) is 10.6. The summed E-state index contributed by atoms with van der Waals surface area (Å²) < 4.78 is 5.56. The van der Waals surface area contributed by atoms with Gasteiger partial charge in [0.1, 0.15) is 5.75 Å². The van der Waals surface area contributed by atoms with Gasteiger partial charge in [0.25, 0.3) is 0 Å². The summed E-state index contributed by atoms with van der Waals surface area (Å²) in [7, 11) is 0. The quantitative estimate of drug-likeness (QED) is 0.835. The van der Waals surface area contributed by atoms with Crippen LogP contribution >= 0.6 is 11.6 Å². The number of aryl methyl sites for hydroxylation is 1. The molecule has 2 N–H and O–H groups in total. The number of nitrogens with two attached hydrogens (primary N) is 1. The Morgan fingerprint density at radius 3 is 2.71 bits per heavy atom. The van der Waals surface area contributed by atoms with Crippen LogP contribution < -0.4 is 10.5 Å². The lowest BCUT2D eigenvalue weighted by atomic mass is 10.1. The van der Waals surface area contributed by atoms with Gasteiger partial charge in [-0.25, -0.2) is 0 Å². The van der Waals surface area contributed by atoms with Crippen LogP contribution in [0.2, 0.25) is 5.02 Å². The van der Waals surface area contributed by atoms with Crippen LogP contribution in [0.5, 0.6) is 5.75 Å². The van der Waals surface area contributed by atoms with Crippen molar-refractivity contribution < 1.29 is 4.74 Å². The highest BCUT2D eigenvalue weighted by atomic mass is 35.5. The van der Waals surface area contributed by atoms with Crippen molar-refractivity contribution in [2.24, 2.45) is 5.73 Å². The first-order chi connectivity index (χ1) is 6.69. The third-order valence-electron chi connectivity index (χ3n) is 2.02. The van der Waals surface area contributed by atoms with E-state index >= 15 is 0 Å². The number of halogens is 1. The van der Waals surface area contributed by atoms with Gasteiger partial charge in [0.15, 0.2) is 0 Å². The molecule has 0 aromatic heterocycles. The van der Waals surface area contributed by atoms with Crippen LogP contribution in [-0.2, 0) is 6.42 Å². The first kappa shape index (κ1) is 11.3. The van der Waals surface area contributed by atoms with E-state index in [1.54, 1.807) is 0 Å². The summed E-state index contributed by atoms with van der Waals surface area (Å²) in [4.78, 5) is 0. The smallest absolute Gasteiger partial charge is 0.125 e. The first-order valence-corrected chi connectivity index (χ1v) is 5.18. The highest BCUT2D eigenvalue weighted by Gasteiger charge is 2.07. The highest BCUT2D eigenvalue weighted by Crippen LogP contribution is 2.28. The molecule has 0 unspecified atom stereocenters. The predicted molar refractivity (Wildman–Crippen MR) is 60.1 cm³/mol. The maximum atomic E-state index is 5.96. The molecule has 0 amide bonds. The van der Waals surface area contributed by atoms with Gasteiger partial charge in [-0.3, -0.25) is 0 Å². The van der Waals surface area contributed by atoms with Crippen molar-refractivity contribution in [1.82, 2.24) is 0 Å². The molecule has 1 aromatic carbocycles. The van der Waals surface area contributed by atoms with Crippen LogP contribution in [-0.4, -0.2) is 13.2 Å². The standard InChI is InChI=1S/C11H16ClNO/c1-3-14-11-8(2)6-10(12)7-9(11)4-5-13/h6-7H,3-5,13H2,1-2H3. The Bertz CT molecular complexity index is 312. The Kier molecular flexibility index (Phi) is 4.23. The molecule has 0 spiro atoms. The van der Waals surface area contributed by atoms with Gasteiger partial charge < -0.3 is 10.5 Å². The minimum absolute atomic E-state index is 0.611. The minimum atomic E-state index is 0.611. The lowest BCUT2D eigenvalue weighted by molar-refractivity contribution is 0.334. The second-order valence-corrected chi connectivity index (χ2v) is 3.62. The number of hydrogen-bond donors (Lipinski definition) is 1. The third-order valence-corrected chi connectivity index (χ3v) is 2.24. The van der Waals surface area contributed by atoms with Crippen LogP contribution in [0, 0.1) is 6.92 Å². The predicted octanol–water partition coefficient (Wildman–Crippen LogP) is 2.55. The number of hydrogen-bond acceptors (Lipinski definition) is 2. The minimum Gasteiger partial charge on any atom is -0.493 e. The van der Waals surface area contributed by atoms with Crippen molar-refractivity contribution >= 4 is 11.6 Å². The molecule has 78 valence electrons. The molecule has 1 rings (SSSR count). The molecule has 14 heavy (non-hydrogen) atoms. The van der Waals surface area contributed by atoms with E-state index in [1.807, 2.05) is 26.0 Å². The number of rotatable bonds is 4. The van der Waals surface area contributed by atoms with E-state index in [1.165, 1.54) is 0 Å². The topological polar surface area (TPSA) is 35.2 Å². The van der Waals surface area contributed by atoms with Gasteiger partial charge in [-0.05, 0) is 50.1 Å². The summed E-state index contributed by atoms with van der Waals surface area (Å²) in [6.45, 7) is 5.25. The van der Waals surface area contributed by atoms with Gasteiger partial charge in [-0.15, -0.1) is 0 Å². The van der Waals surface area contributed by atoms with E-state index in [0.717, 1.165) is 28.3 Å². The Morgan fingerprint density at radius 2 is 2.14 bits per heavy atom. The molecule has 0 fully saturated rings. The van der Waals surface area contributed by atoms with Crippen LogP contribution in [0.4, 0.5) is 0 Å². The van der Waals surface area contributed by atoms with Gasteiger partial charge >= 0.3 is 0 Å². The number of benzene rings is 1. The lowest BCUT2D eigenvalue weighted by Crippen LogP contribution is -2.06. The van der Waals surface area contributed by atoms with E-state index in [9.17, 15) is 0 Å². The summed E-state index contributed by atoms with van der Waals surface area (Å²) in [5, 5.41) is 0.745. The van der Waals surface area contributed by atoms with E-state index in [0.29, 0.717) is 13.2 Å². The fraction of sp³-hybridized carbons (Fsp3) is 0.455. The van der Waals surface area contributed by atoms with Crippen molar-refractivity contribution in [2.75, 3.05) is 13.2 Å². The fourth-order valence-corrected chi connectivity index (χ4v) is 1.79. The normalized spacial score (nSPS) is 10.3. The average Bonchev–Trinajstić information content (AvgIpc) is 2.11. The lowest BCUT2D eigenvalue weighted by Gasteiger charge is -2.13. The van der Waals surface area contributed by atoms with Crippen molar-refractivity contribution in [3.05, 3.63) is 28.3 Å². The zero-order valence-electron chi connectivity index (χ0n) is 8.64. The second-order valence-electron chi connectivity index (χ2n) is 3.18. The van der Waals surface area contributed by atoms with Crippen LogP contribution in [0.15, 0.2) is 12.1 Å². The molecule has 0 heterocycles. The molecule has 0 bridgehead atoms. The van der Waals surface area contributed by atoms with E-state index in [2.05, 4.69) is 0 Å². The largest absolute Gasteiger partial charge is 0.493 e. The molecule has 0 saturated heterocycles. The SMILES string of the molecule is CCOc1c(C)cc(Cl)cc1CCN. The molecule has 0 aliphatic rings. The fourth-order valence-electron chi connectivity index (χ4n) is 1.49. The second kappa shape index (κ2) is 5.23. The third kappa shape index (κ3) is 2.63. The molecule has 0 aliphatic carbocycles. The van der Waals surface area contributed by atoms with Crippen LogP contribution in [0.1, 0.15) is 18.1 Å². The van der Waals surface area contributed by atoms with Gasteiger partial charge in [0.05, 0.1) is 6.61 Å². The molecule has 0 radical (unpaired) electrons. The molecule has 3 heteroatoms. The van der Waals surface area contributed by atoms with Gasteiger partial charge in [-0.1, -0.05) is 11.6 Å². The molecule has 0 atom stereocenters. The van der Waals surface area contributed by atoms with Crippen LogP contribution in [0.3, 0.4) is 0 Å². The van der Waals surface area contributed by atoms with Crippen molar-refractivity contribution in [1.29, 1.82) is 0 Å². The Hall–Kier alpha value is -0.730. The molecular weight excluding hydrogens is 198 g/mol. The van der Waals surface area contributed by atoms with Crippen molar-refractivity contribution in [2.45, 2.75) is 20.3 Å². The Labute approximate surface area is 90.0 Å². The molecular formula is C11H16ClNO. The summed E-state index contributed by atoms with van der Waals surface area (Å²) >= 11 is 5.96.